The molecule has 0 amide bonds. The van der Waals surface area contributed by atoms with Crippen LogP contribution in [0.15, 0.2) is 36.4 Å². The highest BCUT2D eigenvalue weighted by Gasteiger charge is 2.45. The second-order valence-electron chi connectivity index (χ2n) is 9.03. The van der Waals surface area contributed by atoms with Crippen molar-refractivity contribution in [2.75, 3.05) is 12.8 Å². The lowest BCUT2D eigenvalue weighted by Crippen LogP contribution is -2.58. The summed E-state index contributed by atoms with van der Waals surface area (Å²) in [5.41, 5.74) is -0.593. The van der Waals surface area contributed by atoms with E-state index < -0.39 is 32.8 Å². The maximum atomic E-state index is 13.9. The third-order valence-electron chi connectivity index (χ3n) is 6.21. The number of hydrogen-bond acceptors (Lipinski definition) is 3. The number of nitrogens with zero attached hydrogens (tertiary/aromatic N) is 2. The van der Waals surface area contributed by atoms with E-state index in [9.17, 15) is 22.3 Å². The summed E-state index contributed by atoms with van der Waals surface area (Å²) in [5.74, 6) is -0.863. The maximum absolute atomic E-state index is 13.9. The molecule has 1 aliphatic carbocycles. The molecule has 0 bridgehead atoms. The Bertz CT molecular complexity index is 1170. The summed E-state index contributed by atoms with van der Waals surface area (Å²) in [4.78, 5) is 0. The van der Waals surface area contributed by atoms with Crippen molar-refractivity contribution in [3.63, 3.8) is 0 Å². The number of β-amino-alcohol motifs (C(OH)–C–C–N with tert-alkyl or cyclic N) is 1. The van der Waals surface area contributed by atoms with Gasteiger partial charge < -0.3 is 9.67 Å². The van der Waals surface area contributed by atoms with Gasteiger partial charge in [0.25, 0.3) is 0 Å². The Labute approximate surface area is 175 Å². The van der Waals surface area contributed by atoms with Crippen LogP contribution in [0.2, 0.25) is 0 Å². The van der Waals surface area contributed by atoms with Crippen LogP contribution in [-0.4, -0.2) is 46.3 Å². The fourth-order valence-corrected chi connectivity index (χ4v) is 6.06. The van der Waals surface area contributed by atoms with Crippen molar-refractivity contribution in [3.05, 3.63) is 48.0 Å². The third kappa shape index (κ3) is 3.72. The number of sulfonamides is 1. The molecule has 0 saturated heterocycles. The van der Waals surface area contributed by atoms with Gasteiger partial charge in [-0.15, -0.1) is 0 Å². The van der Waals surface area contributed by atoms with Gasteiger partial charge in [-0.1, -0.05) is 0 Å². The van der Waals surface area contributed by atoms with Crippen LogP contribution in [0, 0.1) is 11.6 Å². The van der Waals surface area contributed by atoms with E-state index >= 15 is 0 Å². The quantitative estimate of drug-likeness (QED) is 0.635. The molecule has 0 radical (unpaired) electrons. The lowest BCUT2D eigenvalue weighted by atomic mass is 9.78. The number of benzene rings is 2. The van der Waals surface area contributed by atoms with Gasteiger partial charge in [0.1, 0.15) is 11.6 Å². The van der Waals surface area contributed by atoms with E-state index in [4.69, 9.17) is 0 Å². The van der Waals surface area contributed by atoms with Crippen molar-refractivity contribution in [2.24, 2.45) is 0 Å². The largest absolute Gasteiger partial charge is 0.387 e. The molecular formula is C22H26F2N2O3S. The summed E-state index contributed by atoms with van der Waals surface area (Å²) in [6.07, 6.45) is 3.63. The van der Waals surface area contributed by atoms with Crippen molar-refractivity contribution in [3.8, 4) is 0 Å². The zero-order valence-electron chi connectivity index (χ0n) is 17.3. The van der Waals surface area contributed by atoms with Gasteiger partial charge in [-0.05, 0) is 69.5 Å². The normalized spacial score (nSPS) is 18.6. The van der Waals surface area contributed by atoms with Gasteiger partial charge in [0.15, 0.2) is 0 Å². The Kier molecular flexibility index (Phi) is 4.95. The van der Waals surface area contributed by atoms with E-state index in [1.807, 2.05) is 6.92 Å². The number of fused-ring (bicyclic) bond motifs is 3. The van der Waals surface area contributed by atoms with Crippen LogP contribution >= 0.6 is 0 Å². The van der Waals surface area contributed by atoms with Gasteiger partial charge >= 0.3 is 0 Å². The molecule has 1 N–H and O–H groups in total. The third-order valence-corrected chi connectivity index (χ3v) is 7.58. The second kappa shape index (κ2) is 7.00. The summed E-state index contributed by atoms with van der Waals surface area (Å²) >= 11 is 0. The van der Waals surface area contributed by atoms with Crippen molar-refractivity contribution in [1.29, 1.82) is 0 Å². The van der Waals surface area contributed by atoms with Crippen LogP contribution in [0.5, 0.6) is 0 Å². The van der Waals surface area contributed by atoms with Crippen LogP contribution in [0.4, 0.5) is 8.78 Å². The minimum absolute atomic E-state index is 0.0636. The van der Waals surface area contributed by atoms with Crippen molar-refractivity contribution in [2.45, 2.75) is 50.8 Å². The van der Waals surface area contributed by atoms with E-state index in [0.29, 0.717) is 21.8 Å². The molecule has 1 fully saturated rings. The smallest absolute Gasteiger partial charge is 0.211 e. The first kappa shape index (κ1) is 21.2. The molecule has 1 unspecified atom stereocenters. The maximum Gasteiger partial charge on any atom is 0.211 e. The molecule has 30 heavy (non-hydrogen) atoms. The zero-order valence-corrected chi connectivity index (χ0v) is 18.1. The molecule has 1 aromatic heterocycles. The highest BCUT2D eigenvalue weighted by atomic mass is 32.2. The molecule has 1 atom stereocenters. The van der Waals surface area contributed by atoms with Gasteiger partial charge in [0.05, 0.1) is 18.4 Å². The van der Waals surface area contributed by atoms with Crippen LogP contribution < -0.4 is 0 Å². The zero-order chi connectivity index (χ0) is 21.9. The Hall–Kier alpha value is -2.03. The first-order valence-electron chi connectivity index (χ1n) is 9.97. The monoisotopic (exact) mass is 436 g/mol. The fourth-order valence-electron chi connectivity index (χ4n) is 4.57. The lowest BCUT2D eigenvalue weighted by molar-refractivity contribution is -0.0107. The molecule has 8 heteroatoms. The fraction of sp³-hybridized carbons (Fsp3) is 0.455. The minimum Gasteiger partial charge on any atom is -0.387 e. The highest BCUT2D eigenvalue weighted by molar-refractivity contribution is 7.88. The molecule has 0 spiro atoms. The van der Waals surface area contributed by atoms with Crippen molar-refractivity contribution < 1.29 is 22.3 Å². The predicted molar refractivity (Wildman–Crippen MR) is 114 cm³/mol. The second-order valence-corrected chi connectivity index (χ2v) is 10.9. The first-order valence-corrected chi connectivity index (χ1v) is 11.8. The Morgan fingerprint density at radius 3 is 2.00 bits per heavy atom. The molecule has 4 rings (SSSR count). The van der Waals surface area contributed by atoms with E-state index in [1.165, 1.54) is 34.8 Å². The molecule has 5 nitrogen and oxygen atoms in total. The van der Waals surface area contributed by atoms with Crippen LogP contribution in [0.3, 0.4) is 0 Å². The summed E-state index contributed by atoms with van der Waals surface area (Å²) in [7, 11) is -3.53. The van der Waals surface area contributed by atoms with E-state index in [1.54, 1.807) is 23.6 Å². The number of aromatic nitrogens is 1. The lowest BCUT2D eigenvalue weighted by Gasteiger charge is -2.48. The molecule has 1 heterocycles. The van der Waals surface area contributed by atoms with Gasteiger partial charge in [-0.25, -0.2) is 17.2 Å². The molecule has 1 aliphatic rings. The number of rotatable bonds is 6. The minimum atomic E-state index is -3.53. The molecule has 3 aromatic rings. The van der Waals surface area contributed by atoms with Crippen molar-refractivity contribution >= 4 is 31.8 Å². The number of halogens is 2. The predicted octanol–water partition coefficient (Wildman–Crippen LogP) is 4.03. The Balaban J connectivity index is 1.77. The molecule has 1 saturated carbocycles. The SMILES string of the molecule is CC(O)(CN(C1(C)CCC1)S(C)(=O)=O)Cn1c2ccc(F)cc2c2cc(F)ccc21. The van der Waals surface area contributed by atoms with Crippen molar-refractivity contribution in [1.82, 2.24) is 8.87 Å². The average Bonchev–Trinajstić information content (AvgIpc) is 2.89. The topological polar surface area (TPSA) is 62.5 Å². The van der Waals surface area contributed by atoms with Crippen LogP contribution in [0.1, 0.15) is 33.1 Å². The van der Waals surface area contributed by atoms with Gasteiger partial charge in [0, 0.05) is 33.9 Å². The average molecular weight is 437 g/mol. The first-order chi connectivity index (χ1) is 13.9. The summed E-state index contributed by atoms with van der Waals surface area (Å²) in [6.45, 7) is 3.51. The Morgan fingerprint density at radius 1 is 1.10 bits per heavy atom. The summed E-state index contributed by atoms with van der Waals surface area (Å²) in [5, 5.41) is 12.4. The summed E-state index contributed by atoms with van der Waals surface area (Å²) in [6, 6.07) is 8.53. The highest BCUT2D eigenvalue weighted by Crippen LogP contribution is 2.40. The Morgan fingerprint density at radius 2 is 1.60 bits per heavy atom. The molecule has 162 valence electrons. The molecule has 0 aliphatic heterocycles. The van der Waals surface area contributed by atoms with Gasteiger partial charge in [-0.2, -0.15) is 4.31 Å². The van der Waals surface area contributed by atoms with Gasteiger partial charge in [0.2, 0.25) is 10.0 Å². The van der Waals surface area contributed by atoms with E-state index in [2.05, 4.69) is 0 Å². The summed E-state index contributed by atoms with van der Waals surface area (Å²) < 4.78 is 55.9. The number of hydrogen-bond donors (Lipinski definition) is 1. The van der Waals surface area contributed by atoms with Gasteiger partial charge in [-0.3, -0.25) is 0 Å². The standard InChI is InChI=1S/C22H26F2N2O3S/c1-21(9-4-10-21)26(30(3,28)29)14-22(2,27)13-25-19-7-5-15(23)11-17(19)18-12-16(24)6-8-20(18)25/h5-8,11-12,27H,4,9-10,13-14H2,1-3H3. The molecule has 2 aromatic carbocycles. The number of aliphatic hydroxyl groups is 1. The van der Waals surface area contributed by atoms with Crippen LogP contribution in [0.25, 0.3) is 21.8 Å². The van der Waals surface area contributed by atoms with Crippen LogP contribution in [-0.2, 0) is 16.6 Å². The van der Waals surface area contributed by atoms with E-state index in [-0.39, 0.29) is 13.1 Å². The molecular weight excluding hydrogens is 410 g/mol. The van der Waals surface area contributed by atoms with E-state index in [0.717, 1.165) is 19.3 Å².